The predicted octanol–water partition coefficient (Wildman–Crippen LogP) is 4.00. The van der Waals surface area contributed by atoms with Crippen LogP contribution in [0.15, 0.2) is 11.4 Å². The molecule has 0 aromatic carbocycles. The lowest BCUT2D eigenvalue weighted by Crippen LogP contribution is -2.47. The van der Waals surface area contributed by atoms with Crippen molar-refractivity contribution in [1.82, 2.24) is 4.90 Å². The van der Waals surface area contributed by atoms with Gasteiger partial charge in [-0.3, -0.25) is 4.90 Å². The number of nitrogens with zero attached hydrogens (tertiary/aromatic N) is 2. The van der Waals surface area contributed by atoms with E-state index in [1.807, 2.05) is 11.3 Å². The fraction of sp³-hybridized carbons (Fsp3) is 0.688. The molecule has 0 amide bonds. The molecule has 102 valence electrons. The zero-order valence-electron chi connectivity index (χ0n) is 11.8. The van der Waals surface area contributed by atoms with Gasteiger partial charge >= 0.3 is 0 Å². The Labute approximate surface area is 120 Å². The van der Waals surface area contributed by atoms with Crippen molar-refractivity contribution in [2.45, 2.75) is 51.6 Å². The first kappa shape index (κ1) is 13.1. The number of nitriles is 1. The van der Waals surface area contributed by atoms with E-state index in [0.717, 1.165) is 18.9 Å². The lowest BCUT2D eigenvalue weighted by Gasteiger charge is -2.44. The van der Waals surface area contributed by atoms with E-state index in [0.29, 0.717) is 12.1 Å². The second-order valence-corrected chi connectivity index (χ2v) is 7.18. The first-order chi connectivity index (χ1) is 9.20. The van der Waals surface area contributed by atoms with Crippen LogP contribution in [-0.2, 0) is 6.42 Å². The molecule has 3 heteroatoms. The summed E-state index contributed by atoms with van der Waals surface area (Å²) in [6.07, 6.45) is 4.67. The summed E-state index contributed by atoms with van der Waals surface area (Å²) in [5.74, 6) is 1.00. The van der Waals surface area contributed by atoms with E-state index in [4.69, 9.17) is 0 Å². The Morgan fingerprint density at radius 3 is 3.00 bits per heavy atom. The van der Waals surface area contributed by atoms with E-state index in [-0.39, 0.29) is 5.92 Å². The normalized spacial score (nSPS) is 35.6. The summed E-state index contributed by atoms with van der Waals surface area (Å²) in [6, 6.07) is 5.81. The molecule has 0 bridgehead atoms. The number of hydrogen-bond donors (Lipinski definition) is 0. The van der Waals surface area contributed by atoms with Crippen LogP contribution in [0.4, 0.5) is 0 Å². The van der Waals surface area contributed by atoms with Gasteiger partial charge in [0.1, 0.15) is 0 Å². The minimum Gasteiger partial charge on any atom is -0.292 e. The zero-order valence-corrected chi connectivity index (χ0v) is 12.6. The molecule has 2 nitrogen and oxygen atoms in total. The van der Waals surface area contributed by atoms with E-state index >= 15 is 0 Å². The summed E-state index contributed by atoms with van der Waals surface area (Å²) in [5.41, 5.74) is 1.51. The maximum atomic E-state index is 9.45. The van der Waals surface area contributed by atoms with Gasteiger partial charge in [0.25, 0.3) is 0 Å². The second-order valence-electron chi connectivity index (χ2n) is 6.18. The highest BCUT2D eigenvalue weighted by Gasteiger charge is 2.37. The van der Waals surface area contributed by atoms with Crippen LogP contribution < -0.4 is 0 Å². The van der Waals surface area contributed by atoms with Crippen LogP contribution >= 0.6 is 11.3 Å². The zero-order chi connectivity index (χ0) is 13.4. The molecule has 1 fully saturated rings. The van der Waals surface area contributed by atoms with Crippen LogP contribution in [0, 0.1) is 23.2 Å². The highest BCUT2D eigenvalue weighted by atomic mass is 32.1. The molecule has 0 spiro atoms. The van der Waals surface area contributed by atoms with Crippen molar-refractivity contribution in [3.05, 3.63) is 21.9 Å². The topological polar surface area (TPSA) is 27.0 Å². The van der Waals surface area contributed by atoms with Crippen LogP contribution in [0.3, 0.4) is 0 Å². The molecule has 1 aromatic heterocycles. The Morgan fingerprint density at radius 2 is 2.21 bits per heavy atom. The third-order valence-corrected chi connectivity index (χ3v) is 5.99. The Morgan fingerprint density at radius 1 is 1.37 bits per heavy atom. The van der Waals surface area contributed by atoms with Gasteiger partial charge in [0.05, 0.1) is 12.0 Å². The molecular weight excluding hydrogens is 252 g/mol. The Hall–Kier alpha value is -0.850. The van der Waals surface area contributed by atoms with Crippen molar-refractivity contribution in [3.8, 4) is 6.07 Å². The fourth-order valence-corrected chi connectivity index (χ4v) is 4.81. The summed E-state index contributed by atoms with van der Waals surface area (Å²) < 4.78 is 0. The molecule has 2 aliphatic rings. The monoisotopic (exact) mass is 274 g/mol. The Balaban J connectivity index is 1.84. The van der Waals surface area contributed by atoms with Crippen LogP contribution in [0.5, 0.6) is 0 Å². The van der Waals surface area contributed by atoms with Gasteiger partial charge in [0.2, 0.25) is 0 Å². The summed E-state index contributed by atoms with van der Waals surface area (Å²) in [5, 5.41) is 11.7. The first-order valence-electron chi connectivity index (χ1n) is 7.42. The van der Waals surface area contributed by atoms with E-state index in [2.05, 4.69) is 36.3 Å². The van der Waals surface area contributed by atoms with Crippen molar-refractivity contribution >= 4 is 11.3 Å². The highest BCUT2D eigenvalue weighted by molar-refractivity contribution is 7.10. The fourth-order valence-electron chi connectivity index (χ4n) is 3.85. The molecule has 1 aliphatic carbocycles. The highest BCUT2D eigenvalue weighted by Crippen LogP contribution is 2.40. The SMILES string of the molecule is CC1CCC(C#N)C(N2CCc3sccc3C2C)C1. The van der Waals surface area contributed by atoms with Gasteiger partial charge in [0, 0.05) is 23.5 Å². The molecule has 1 saturated carbocycles. The largest absolute Gasteiger partial charge is 0.292 e. The molecule has 0 radical (unpaired) electrons. The van der Waals surface area contributed by atoms with Crippen LogP contribution in [0.1, 0.15) is 49.6 Å². The average molecular weight is 274 g/mol. The first-order valence-corrected chi connectivity index (χ1v) is 8.30. The minimum absolute atomic E-state index is 0.235. The maximum Gasteiger partial charge on any atom is 0.0672 e. The van der Waals surface area contributed by atoms with Crippen molar-refractivity contribution in [1.29, 1.82) is 5.26 Å². The summed E-state index contributed by atoms with van der Waals surface area (Å²) in [6.45, 7) is 5.79. The van der Waals surface area contributed by atoms with Crippen LogP contribution in [0.2, 0.25) is 0 Å². The molecule has 2 heterocycles. The smallest absolute Gasteiger partial charge is 0.0672 e. The van der Waals surface area contributed by atoms with Gasteiger partial charge in [-0.1, -0.05) is 6.92 Å². The minimum atomic E-state index is 0.235. The molecule has 3 rings (SSSR count). The molecule has 4 unspecified atom stereocenters. The predicted molar refractivity (Wildman–Crippen MR) is 79.1 cm³/mol. The molecule has 19 heavy (non-hydrogen) atoms. The van der Waals surface area contributed by atoms with Gasteiger partial charge < -0.3 is 0 Å². The van der Waals surface area contributed by atoms with E-state index in [1.54, 1.807) is 4.88 Å². The van der Waals surface area contributed by atoms with Crippen molar-refractivity contribution < 1.29 is 0 Å². The van der Waals surface area contributed by atoms with Crippen LogP contribution in [0.25, 0.3) is 0 Å². The standard InChI is InChI=1S/C16H22N2S/c1-11-3-4-13(10-17)15(9-11)18-7-5-16-14(12(18)2)6-8-19-16/h6,8,11-13,15H,3-5,7,9H2,1-2H3. The lowest BCUT2D eigenvalue weighted by molar-refractivity contribution is 0.0657. The summed E-state index contributed by atoms with van der Waals surface area (Å²) in [4.78, 5) is 4.17. The number of hydrogen-bond acceptors (Lipinski definition) is 3. The molecular formula is C16H22N2S. The van der Waals surface area contributed by atoms with Gasteiger partial charge in [-0.25, -0.2) is 0 Å². The molecule has 1 aliphatic heterocycles. The van der Waals surface area contributed by atoms with E-state index in [1.165, 1.54) is 24.8 Å². The van der Waals surface area contributed by atoms with Crippen LogP contribution in [-0.4, -0.2) is 17.5 Å². The maximum absolute atomic E-state index is 9.45. The van der Waals surface area contributed by atoms with E-state index < -0.39 is 0 Å². The third kappa shape index (κ3) is 2.32. The van der Waals surface area contributed by atoms with Gasteiger partial charge in [-0.05, 0) is 55.5 Å². The molecule has 4 atom stereocenters. The van der Waals surface area contributed by atoms with Crippen molar-refractivity contribution in [2.24, 2.45) is 11.8 Å². The summed E-state index contributed by atoms with van der Waals surface area (Å²) in [7, 11) is 0. The quantitative estimate of drug-likeness (QED) is 0.774. The molecule has 0 N–H and O–H groups in total. The van der Waals surface area contributed by atoms with Crippen molar-refractivity contribution in [3.63, 3.8) is 0 Å². The Bertz CT molecular complexity index is 487. The van der Waals surface area contributed by atoms with Gasteiger partial charge in [-0.15, -0.1) is 11.3 Å². The van der Waals surface area contributed by atoms with Gasteiger partial charge in [0.15, 0.2) is 0 Å². The van der Waals surface area contributed by atoms with E-state index in [9.17, 15) is 5.26 Å². The number of thiophene rings is 1. The number of fused-ring (bicyclic) bond motifs is 1. The Kier molecular flexibility index (Phi) is 3.64. The van der Waals surface area contributed by atoms with Gasteiger partial charge in [-0.2, -0.15) is 5.26 Å². The number of rotatable bonds is 1. The third-order valence-electron chi connectivity index (χ3n) is 5.00. The molecule has 1 aromatic rings. The lowest BCUT2D eigenvalue weighted by atomic mass is 9.78. The summed E-state index contributed by atoms with van der Waals surface area (Å²) >= 11 is 1.89. The van der Waals surface area contributed by atoms with Crippen molar-refractivity contribution in [2.75, 3.05) is 6.54 Å². The average Bonchev–Trinajstić information content (AvgIpc) is 2.88. The second kappa shape index (κ2) is 5.26. The molecule has 0 saturated heterocycles.